The Morgan fingerprint density at radius 3 is 2.36 bits per heavy atom. The van der Waals surface area contributed by atoms with E-state index in [9.17, 15) is 9.18 Å². The first kappa shape index (κ1) is 16.7. The summed E-state index contributed by atoms with van der Waals surface area (Å²) in [4.78, 5) is 10.8. The molecule has 0 aromatic heterocycles. The molecular weight excluding hydrogens is 319 g/mol. The van der Waals surface area contributed by atoms with Gasteiger partial charge >= 0.3 is 5.97 Å². The molecule has 0 saturated heterocycles. The van der Waals surface area contributed by atoms with Crippen LogP contribution in [0.25, 0.3) is 11.1 Å². The third-order valence-electron chi connectivity index (χ3n) is 3.81. The monoisotopic (exact) mass is 336 g/mol. The molecule has 4 heteroatoms. The van der Waals surface area contributed by atoms with Crippen LogP contribution in [0.4, 0.5) is 4.39 Å². The highest BCUT2D eigenvalue weighted by molar-refractivity contribution is 5.70. The van der Waals surface area contributed by atoms with Crippen molar-refractivity contribution in [2.75, 3.05) is 0 Å². The minimum atomic E-state index is -0.883. The van der Waals surface area contributed by atoms with Gasteiger partial charge in [-0.2, -0.15) is 0 Å². The Morgan fingerprint density at radius 2 is 1.64 bits per heavy atom. The quantitative estimate of drug-likeness (QED) is 0.695. The number of carbonyl (C=O) groups is 1. The van der Waals surface area contributed by atoms with E-state index in [-0.39, 0.29) is 12.2 Å². The number of benzene rings is 3. The van der Waals surface area contributed by atoms with Crippen LogP contribution in [-0.2, 0) is 11.2 Å². The van der Waals surface area contributed by atoms with Gasteiger partial charge in [0, 0.05) is 0 Å². The smallest absolute Gasteiger partial charge is 0.307 e. The maximum Gasteiger partial charge on any atom is 0.307 e. The average Bonchev–Trinajstić information content (AvgIpc) is 2.57. The fourth-order valence-electron chi connectivity index (χ4n) is 2.59. The first-order chi connectivity index (χ1) is 12.0. The normalized spacial score (nSPS) is 10.5. The average molecular weight is 336 g/mol. The number of carboxylic acids is 1. The Bertz CT molecular complexity index is 919. The van der Waals surface area contributed by atoms with Gasteiger partial charge in [0.25, 0.3) is 0 Å². The molecule has 25 heavy (non-hydrogen) atoms. The minimum absolute atomic E-state index is 0.0495. The van der Waals surface area contributed by atoms with Gasteiger partial charge in [0.15, 0.2) is 0 Å². The molecule has 0 radical (unpaired) electrons. The number of halogens is 1. The molecule has 0 bridgehead atoms. The zero-order valence-corrected chi connectivity index (χ0v) is 13.7. The number of hydrogen-bond donors (Lipinski definition) is 1. The van der Waals surface area contributed by atoms with E-state index in [4.69, 9.17) is 9.84 Å². The van der Waals surface area contributed by atoms with Gasteiger partial charge < -0.3 is 9.84 Å². The van der Waals surface area contributed by atoms with E-state index in [2.05, 4.69) is 0 Å². The van der Waals surface area contributed by atoms with E-state index in [0.717, 1.165) is 11.1 Å². The molecule has 3 aromatic rings. The first-order valence-electron chi connectivity index (χ1n) is 7.86. The second-order valence-electron chi connectivity index (χ2n) is 5.81. The molecule has 0 spiro atoms. The van der Waals surface area contributed by atoms with Crippen LogP contribution in [0.5, 0.6) is 11.5 Å². The second kappa shape index (κ2) is 7.18. The summed E-state index contributed by atoms with van der Waals surface area (Å²) < 4.78 is 19.3. The highest BCUT2D eigenvalue weighted by Crippen LogP contribution is 2.28. The highest BCUT2D eigenvalue weighted by Gasteiger charge is 2.06. The Kier molecular flexibility index (Phi) is 4.80. The van der Waals surface area contributed by atoms with Gasteiger partial charge in [0.2, 0.25) is 0 Å². The molecule has 0 amide bonds. The summed E-state index contributed by atoms with van der Waals surface area (Å²) in [5, 5.41) is 8.88. The van der Waals surface area contributed by atoms with Crippen molar-refractivity contribution in [1.29, 1.82) is 0 Å². The lowest BCUT2D eigenvalue weighted by Gasteiger charge is -2.09. The van der Waals surface area contributed by atoms with Crippen molar-refractivity contribution in [1.82, 2.24) is 0 Å². The molecule has 3 aromatic carbocycles. The molecule has 0 saturated carbocycles. The standard InChI is InChI=1S/C21H17FO3/c1-14-10-17(8-9-20(14)22)16-5-3-7-19(13-16)25-18-6-2-4-15(11-18)12-21(23)24/h2-11,13H,12H2,1H3,(H,23,24). The molecule has 126 valence electrons. The predicted molar refractivity (Wildman–Crippen MR) is 94.4 cm³/mol. The molecule has 1 N–H and O–H groups in total. The third-order valence-corrected chi connectivity index (χ3v) is 3.81. The Morgan fingerprint density at radius 1 is 0.960 bits per heavy atom. The lowest BCUT2D eigenvalue weighted by atomic mass is 10.0. The summed E-state index contributed by atoms with van der Waals surface area (Å²) in [6.45, 7) is 1.73. The molecule has 0 aliphatic rings. The van der Waals surface area contributed by atoms with Crippen LogP contribution in [0.3, 0.4) is 0 Å². The van der Waals surface area contributed by atoms with Crippen molar-refractivity contribution in [3.05, 3.63) is 83.7 Å². The van der Waals surface area contributed by atoms with Gasteiger partial charge in [-0.25, -0.2) is 4.39 Å². The van der Waals surface area contributed by atoms with Crippen molar-refractivity contribution in [2.24, 2.45) is 0 Å². The van der Waals surface area contributed by atoms with Gasteiger partial charge in [0.1, 0.15) is 17.3 Å². The lowest BCUT2D eigenvalue weighted by Crippen LogP contribution is -1.99. The fourth-order valence-corrected chi connectivity index (χ4v) is 2.59. The zero-order valence-electron chi connectivity index (χ0n) is 13.7. The highest BCUT2D eigenvalue weighted by atomic mass is 19.1. The number of carboxylic acid groups (broad SMARTS) is 1. The zero-order chi connectivity index (χ0) is 17.8. The van der Waals surface area contributed by atoms with Crippen LogP contribution >= 0.6 is 0 Å². The van der Waals surface area contributed by atoms with Crippen molar-refractivity contribution in [2.45, 2.75) is 13.3 Å². The van der Waals surface area contributed by atoms with Crippen LogP contribution in [0.15, 0.2) is 66.7 Å². The Hall–Kier alpha value is -3.14. The Balaban J connectivity index is 1.84. The number of aryl methyl sites for hydroxylation is 1. The van der Waals surface area contributed by atoms with Gasteiger partial charge in [-0.1, -0.05) is 30.3 Å². The summed E-state index contributed by atoms with van der Waals surface area (Å²) in [6, 6.07) is 19.5. The van der Waals surface area contributed by atoms with Gasteiger partial charge in [-0.3, -0.25) is 4.79 Å². The summed E-state index contributed by atoms with van der Waals surface area (Å²) in [5.41, 5.74) is 3.09. The molecule has 3 rings (SSSR count). The van der Waals surface area contributed by atoms with Crippen molar-refractivity contribution >= 4 is 5.97 Å². The maximum absolute atomic E-state index is 13.4. The Labute approximate surface area is 145 Å². The van der Waals surface area contributed by atoms with E-state index in [1.165, 1.54) is 6.07 Å². The van der Waals surface area contributed by atoms with Crippen LogP contribution < -0.4 is 4.74 Å². The number of rotatable bonds is 5. The van der Waals surface area contributed by atoms with Gasteiger partial charge in [0.05, 0.1) is 6.42 Å². The topological polar surface area (TPSA) is 46.5 Å². The van der Waals surface area contributed by atoms with Crippen LogP contribution in [0.1, 0.15) is 11.1 Å². The lowest BCUT2D eigenvalue weighted by molar-refractivity contribution is -0.136. The van der Waals surface area contributed by atoms with E-state index in [1.54, 1.807) is 43.3 Å². The third kappa shape index (κ3) is 4.23. The summed E-state index contributed by atoms with van der Waals surface area (Å²) in [6.07, 6.45) is -0.0495. The maximum atomic E-state index is 13.4. The number of aliphatic carboxylic acids is 1. The molecule has 0 fully saturated rings. The summed E-state index contributed by atoms with van der Waals surface area (Å²) in [7, 11) is 0. The second-order valence-corrected chi connectivity index (χ2v) is 5.81. The molecule has 0 aliphatic carbocycles. The van der Waals surface area contributed by atoms with E-state index in [1.807, 2.05) is 24.3 Å². The van der Waals surface area contributed by atoms with Crippen molar-refractivity contribution in [3.63, 3.8) is 0 Å². The van der Waals surface area contributed by atoms with Gasteiger partial charge in [-0.15, -0.1) is 0 Å². The molecule has 0 aliphatic heterocycles. The molecule has 0 atom stereocenters. The largest absolute Gasteiger partial charge is 0.481 e. The summed E-state index contributed by atoms with van der Waals surface area (Å²) in [5.74, 6) is 0.0929. The van der Waals surface area contributed by atoms with Crippen molar-refractivity contribution < 1.29 is 19.0 Å². The van der Waals surface area contributed by atoms with Gasteiger partial charge in [-0.05, 0) is 65.6 Å². The SMILES string of the molecule is Cc1cc(-c2cccc(Oc3cccc(CC(=O)O)c3)c2)ccc1F. The van der Waals surface area contributed by atoms with Crippen LogP contribution in [0, 0.1) is 12.7 Å². The molecular formula is C21H17FO3. The molecule has 3 nitrogen and oxygen atoms in total. The van der Waals surface area contributed by atoms with Crippen molar-refractivity contribution in [3.8, 4) is 22.6 Å². The predicted octanol–water partition coefficient (Wildman–Crippen LogP) is 5.22. The number of ether oxygens (including phenoxy) is 1. The minimum Gasteiger partial charge on any atom is -0.481 e. The number of hydrogen-bond acceptors (Lipinski definition) is 2. The molecule has 0 unspecified atom stereocenters. The fraction of sp³-hybridized carbons (Fsp3) is 0.0952. The van der Waals surface area contributed by atoms with E-state index >= 15 is 0 Å². The van der Waals surface area contributed by atoms with E-state index < -0.39 is 5.97 Å². The van der Waals surface area contributed by atoms with E-state index in [0.29, 0.717) is 22.6 Å². The molecule has 0 heterocycles. The summed E-state index contributed by atoms with van der Waals surface area (Å²) >= 11 is 0. The van der Waals surface area contributed by atoms with Crippen LogP contribution in [-0.4, -0.2) is 11.1 Å². The first-order valence-corrected chi connectivity index (χ1v) is 7.86. The van der Waals surface area contributed by atoms with Crippen LogP contribution in [0.2, 0.25) is 0 Å².